The van der Waals surface area contributed by atoms with Crippen LogP contribution in [-0.4, -0.2) is 44.8 Å². The van der Waals surface area contributed by atoms with Crippen LogP contribution in [-0.2, 0) is 11.3 Å². The van der Waals surface area contributed by atoms with Gasteiger partial charge in [0, 0.05) is 37.5 Å². The van der Waals surface area contributed by atoms with Crippen LogP contribution in [0.4, 0.5) is 0 Å². The maximum atomic E-state index is 12.2. The number of aromatic nitrogens is 3. The highest BCUT2D eigenvalue weighted by atomic mass is 16.5. The molecule has 0 aliphatic carbocycles. The summed E-state index contributed by atoms with van der Waals surface area (Å²) in [4.78, 5) is 29.6. The van der Waals surface area contributed by atoms with Crippen molar-refractivity contribution in [1.82, 2.24) is 19.7 Å². The van der Waals surface area contributed by atoms with Gasteiger partial charge in [-0.15, -0.1) is 0 Å². The molecule has 3 heterocycles. The number of likely N-dealkylation sites (tertiary alicyclic amines) is 1. The van der Waals surface area contributed by atoms with E-state index in [1.54, 1.807) is 23.2 Å². The Morgan fingerprint density at radius 2 is 2.18 bits per heavy atom. The minimum absolute atomic E-state index is 0.0457. The molecule has 0 N–H and O–H groups in total. The number of ether oxygens (including phenoxy) is 1. The topological polar surface area (TPSA) is 77.3 Å². The third-order valence-electron chi connectivity index (χ3n) is 3.49. The molecule has 2 aromatic rings. The fourth-order valence-corrected chi connectivity index (χ4v) is 2.37. The summed E-state index contributed by atoms with van der Waals surface area (Å²) in [6, 6.07) is 8.40. The van der Waals surface area contributed by atoms with E-state index in [9.17, 15) is 9.59 Å². The second kappa shape index (κ2) is 6.38. The third kappa shape index (κ3) is 3.30. The summed E-state index contributed by atoms with van der Waals surface area (Å²) in [5.41, 5.74) is -0.281. The van der Waals surface area contributed by atoms with Gasteiger partial charge in [-0.1, -0.05) is 6.07 Å². The summed E-state index contributed by atoms with van der Waals surface area (Å²) in [6.07, 6.45) is 3.84. The molecule has 1 saturated heterocycles. The van der Waals surface area contributed by atoms with Crippen LogP contribution in [0.25, 0.3) is 0 Å². The smallest absolute Gasteiger partial charge is 0.267 e. The SMILES string of the molecule is O=C(Cn1ncccc1=O)N1CCC(Oc2ccccn2)C1. The van der Waals surface area contributed by atoms with Gasteiger partial charge in [0.05, 0.1) is 6.54 Å². The van der Waals surface area contributed by atoms with Crippen molar-refractivity contribution < 1.29 is 9.53 Å². The molecule has 0 aromatic carbocycles. The molecule has 7 heteroatoms. The zero-order chi connectivity index (χ0) is 15.4. The lowest BCUT2D eigenvalue weighted by Crippen LogP contribution is -2.36. The normalized spacial score (nSPS) is 17.5. The molecule has 1 aliphatic rings. The first-order valence-electron chi connectivity index (χ1n) is 7.10. The van der Waals surface area contributed by atoms with Crippen LogP contribution >= 0.6 is 0 Å². The average Bonchev–Trinajstić information content (AvgIpc) is 2.99. The Bertz CT molecular complexity index is 701. The lowest BCUT2D eigenvalue weighted by molar-refractivity contribution is -0.131. The maximum absolute atomic E-state index is 12.2. The molecule has 0 spiro atoms. The fourth-order valence-electron chi connectivity index (χ4n) is 2.37. The van der Waals surface area contributed by atoms with Crippen LogP contribution in [0, 0.1) is 0 Å². The summed E-state index contributed by atoms with van der Waals surface area (Å²) in [5.74, 6) is 0.427. The molecule has 22 heavy (non-hydrogen) atoms. The van der Waals surface area contributed by atoms with E-state index in [1.165, 1.54) is 12.3 Å². The number of hydrogen-bond donors (Lipinski definition) is 0. The minimum Gasteiger partial charge on any atom is -0.472 e. The first-order chi connectivity index (χ1) is 10.7. The van der Waals surface area contributed by atoms with Crippen molar-refractivity contribution >= 4 is 5.91 Å². The van der Waals surface area contributed by atoms with Gasteiger partial charge in [-0.3, -0.25) is 9.59 Å². The Hall–Kier alpha value is -2.70. The largest absolute Gasteiger partial charge is 0.472 e. The van der Waals surface area contributed by atoms with Crippen molar-refractivity contribution in [1.29, 1.82) is 0 Å². The maximum Gasteiger partial charge on any atom is 0.267 e. The van der Waals surface area contributed by atoms with Gasteiger partial charge >= 0.3 is 0 Å². The fraction of sp³-hybridized carbons (Fsp3) is 0.333. The monoisotopic (exact) mass is 300 g/mol. The number of hydrogen-bond acceptors (Lipinski definition) is 5. The summed E-state index contributed by atoms with van der Waals surface area (Å²) in [6.45, 7) is 1.06. The summed E-state index contributed by atoms with van der Waals surface area (Å²) < 4.78 is 6.90. The highest BCUT2D eigenvalue weighted by Crippen LogP contribution is 2.16. The van der Waals surface area contributed by atoms with Crippen molar-refractivity contribution in [3.8, 4) is 5.88 Å². The van der Waals surface area contributed by atoms with Crippen LogP contribution in [0.5, 0.6) is 5.88 Å². The predicted octanol–water partition coefficient (Wildman–Crippen LogP) is 0.318. The van der Waals surface area contributed by atoms with Gasteiger partial charge in [-0.25, -0.2) is 9.67 Å². The molecular weight excluding hydrogens is 284 g/mol. The second-order valence-corrected chi connectivity index (χ2v) is 5.06. The molecule has 2 aromatic heterocycles. The van der Waals surface area contributed by atoms with Gasteiger partial charge in [0.1, 0.15) is 12.6 Å². The standard InChI is InChI=1S/C15H16N4O3/c20-14-5-3-8-17-19(14)11-15(21)18-9-6-12(10-18)22-13-4-1-2-7-16-13/h1-5,7-8,12H,6,9-11H2. The molecule has 0 saturated carbocycles. The quantitative estimate of drug-likeness (QED) is 0.812. The zero-order valence-electron chi connectivity index (χ0n) is 12.0. The predicted molar refractivity (Wildman–Crippen MR) is 78.3 cm³/mol. The molecule has 0 bridgehead atoms. The molecular formula is C15H16N4O3. The summed E-state index contributed by atoms with van der Waals surface area (Å²) in [7, 11) is 0. The number of nitrogens with zero attached hydrogens (tertiary/aromatic N) is 4. The van der Waals surface area contributed by atoms with E-state index in [1.807, 2.05) is 12.1 Å². The Labute approximate surface area is 127 Å². The van der Waals surface area contributed by atoms with Crippen molar-refractivity contribution in [2.45, 2.75) is 19.1 Å². The second-order valence-electron chi connectivity index (χ2n) is 5.06. The van der Waals surface area contributed by atoms with Crippen molar-refractivity contribution in [2.24, 2.45) is 0 Å². The van der Waals surface area contributed by atoms with E-state index in [0.717, 1.165) is 11.1 Å². The molecule has 1 aliphatic heterocycles. The zero-order valence-corrected chi connectivity index (χ0v) is 12.0. The van der Waals surface area contributed by atoms with E-state index in [0.29, 0.717) is 19.0 Å². The van der Waals surface area contributed by atoms with E-state index >= 15 is 0 Å². The first-order valence-corrected chi connectivity index (χ1v) is 7.10. The number of amides is 1. The van der Waals surface area contributed by atoms with Crippen LogP contribution in [0.3, 0.4) is 0 Å². The summed E-state index contributed by atoms with van der Waals surface area (Å²) in [5, 5.41) is 3.89. The highest BCUT2D eigenvalue weighted by molar-refractivity contribution is 5.76. The molecule has 3 rings (SSSR count). The van der Waals surface area contributed by atoms with Crippen molar-refractivity contribution in [3.05, 3.63) is 53.1 Å². The van der Waals surface area contributed by atoms with Crippen molar-refractivity contribution in [3.63, 3.8) is 0 Å². The number of carbonyl (C=O) groups is 1. The Morgan fingerprint density at radius 1 is 1.27 bits per heavy atom. The van der Waals surface area contributed by atoms with E-state index in [4.69, 9.17) is 4.74 Å². The minimum atomic E-state index is -0.281. The van der Waals surface area contributed by atoms with Crippen LogP contribution < -0.4 is 10.3 Å². The number of pyridine rings is 1. The van der Waals surface area contributed by atoms with E-state index in [2.05, 4.69) is 10.1 Å². The van der Waals surface area contributed by atoms with Crippen molar-refractivity contribution in [2.75, 3.05) is 13.1 Å². The van der Waals surface area contributed by atoms with Gasteiger partial charge in [-0.2, -0.15) is 5.10 Å². The molecule has 0 radical (unpaired) electrons. The van der Waals surface area contributed by atoms with Crippen LogP contribution in [0.2, 0.25) is 0 Å². The first kappa shape index (κ1) is 14.2. The Kier molecular flexibility index (Phi) is 4.13. The van der Waals surface area contributed by atoms with Gasteiger partial charge in [0.2, 0.25) is 11.8 Å². The van der Waals surface area contributed by atoms with Crippen LogP contribution in [0.1, 0.15) is 6.42 Å². The van der Waals surface area contributed by atoms with E-state index in [-0.39, 0.29) is 24.1 Å². The molecule has 1 amide bonds. The van der Waals surface area contributed by atoms with Gasteiger partial charge in [0.25, 0.3) is 5.56 Å². The Morgan fingerprint density at radius 3 is 2.95 bits per heavy atom. The lowest BCUT2D eigenvalue weighted by atomic mass is 10.3. The number of rotatable bonds is 4. The van der Waals surface area contributed by atoms with Gasteiger partial charge in [0.15, 0.2) is 0 Å². The average molecular weight is 300 g/mol. The molecule has 1 atom stereocenters. The molecule has 114 valence electrons. The van der Waals surface area contributed by atoms with Gasteiger partial charge in [-0.05, 0) is 12.1 Å². The summed E-state index contributed by atoms with van der Waals surface area (Å²) >= 11 is 0. The Balaban J connectivity index is 1.57. The molecule has 1 unspecified atom stereocenters. The number of carbonyl (C=O) groups excluding carboxylic acids is 1. The highest BCUT2D eigenvalue weighted by Gasteiger charge is 2.28. The van der Waals surface area contributed by atoms with Crippen LogP contribution in [0.15, 0.2) is 47.5 Å². The molecule has 1 fully saturated rings. The molecule has 7 nitrogen and oxygen atoms in total. The lowest BCUT2D eigenvalue weighted by Gasteiger charge is -2.17. The van der Waals surface area contributed by atoms with E-state index < -0.39 is 0 Å². The van der Waals surface area contributed by atoms with Gasteiger partial charge < -0.3 is 9.64 Å². The third-order valence-corrected chi connectivity index (χ3v) is 3.49.